The highest BCUT2D eigenvalue weighted by molar-refractivity contribution is 6.30. The largest absolute Gasteiger partial charge is 0.384 e. The zero-order chi connectivity index (χ0) is 13.5. The van der Waals surface area contributed by atoms with Crippen molar-refractivity contribution in [2.24, 2.45) is 0 Å². The number of benzene rings is 1. The number of nitrogens with zero attached hydrogens (tertiary/aromatic N) is 1. The van der Waals surface area contributed by atoms with Gasteiger partial charge in [0.05, 0.1) is 0 Å². The lowest BCUT2D eigenvalue weighted by Crippen LogP contribution is -2.19. The molecule has 2 aromatic rings. The van der Waals surface area contributed by atoms with Gasteiger partial charge in [-0.15, -0.1) is 0 Å². The first-order valence-electron chi connectivity index (χ1n) is 6.52. The van der Waals surface area contributed by atoms with Gasteiger partial charge in [-0.2, -0.15) is 0 Å². The van der Waals surface area contributed by atoms with Crippen LogP contribution in [0.5, 0.6) is 0 Å². The van der Waals surface area contributed by atoms with Crippen molar-refractivity contribution in [3.8, 4) is 0 Å². The van der Waals surface area contributed by atoms with E-state index in [1.165, 1.54) is 16.8 Å². The Labute approximate surface area is 118 Å². The van der Waals surface area contributed by atoms with E-state index in [9.17, 15) is 0 Å². The monoisotopic (exact) mass is 272 g/mol. The van der Waals surface area contributed by atoms with Crippen molar-refractivity contribution in [2.45, 2.75) is 25.7 Å². The summed E-state index contributed by atoms with van der Waals surface area (Å²) in [6, 6.07) is 10.1. The number of halogens is 1. The van der Waals surface area contributed by atoms with Gasteiger partial charge in [0.25, 0.3) is 0 Å². The van der Waals surface area contributed by atoms with Gasteiger partial charge in [-0.25, -0.2) is 0 Å². The smallest absolute Gasteiger partial charge is 0.0468 e. The first-order chi connectivity index (χ1) is 9.04. The number of anilines is 1. The maximum absolute atomic E-state index is 6.01. The summed E-state index contributed by atoms with van der Waals surface area (Å²) < 4.78 is 0. The molecule has 0 fully saturated rings. The number of pyridine rings is 1. The first-order valence-corrected chi connectivity index (χ1v) is 6.90. The van der Waals surface area contributed by atoms with Gasteiger partial charge >= 0.3 is 0 Å². The molecule has 2 heterocycles. The third kappa shape index (κ3) is 2.45. The average Bonchev–Trinajstić information content (AvgIpc) is 2.65. The Balaban J connectivity index is 1.88. The van der Waals surface area contributed by atoms with Crippen LogP contribution < -0.4 is 5.32 Å². The third-order valence-electron chi connectivity index (χ3n) is 3.68. The quantitative estimate of drug-likeness (QED) is 0.893. The molecule has 1 aromatic heterocycles. The highest BCUT2D eigenvalue weighted by Gasteiger charge is 2.29. The van der Waals surface area contributed by atoms with Gasteiger partial charge in [0.1, 0.15) is 0 Å². The van der Waals surface area contributed by atoms with E-state index < -0.39 is 0 Å². The molecule has 0 aliphatic carbocycles. The van der Waals surface area contributed by atoms with Crippen molar-refractivity contribution in [1.29, 1.82) is 0 Å². The number of nitrogens with one attached hydrogen (secondary N) is 1. The Morgan fingerprint density at radius 2 is 2.16 bits per heavy atom. The fourth-order valence-electron chi connectivity index (χ4n) is 2.55. The molecule has 2 nitrogen and oxygen atoms in total. The maximum Gasteiger partial charge on any atom is 0.0468 e. The van der Waals surface area contributed by atoms with Crippen LogP contribution in [0.15, 0.2) is 36.5 Å². The molecule has 0 amide bonds. The molecule has 1 aliphatic rings. The maximum atomic E-state index is 6.01. The molecule has 0 radical (unpaired) electrons. The van der Waals surface area contributed by atoms with Gasteiger partial charge < -0.3 is 5.32 Å². The summed E-state index contributed by atoms with van der Waals surface area (Å²) in [6.07, 6.45) is 2.82. The summed E-state index contributed by atoms with van der Waals surface area (Å²) in [4.78, 5) is 4.59. The molecule has 3 heteroatoms. The minimum absolute atomic E-state index is 0.177. The van der Waals surface area contributed by atoms with Gasteiger partial charge in [-0.3, -0.25) is 4.98 Å². The molecule has 98 valence electrons. The Morgan fingerprint density at radius 3 is 2.95 bits per heavy atom. The highest BCUT2D eigenvalue weighted by atomic mass is 35.5. The van der Waals surface area contributed by atoms with E-state index in [0.29, 0.717) is 0 Å². The molecule has 3 rings (SSSR count). The molecule has 19 heavy (non-hydrogen) atoms. The van der Waals surface area contributed by atoms with Gasteiger partial charge in [-0.1, -0.05) is 37.6 Å². The van der Waals surface area contributed by atoms with Crippen LogP contribution in [0, 0.1) is 0 Å². The minimum atomic E-state index is 0.177. The molecule has 0 atom stereocenters. The topological polar surface area (TPSA) is 24.9 Å². The third-order valence-corrected chi connectivity index (χ3v) is 3.92. The zero-order valence-electron chi connectivity index (χ0n) is 11.2. The molecular weight excluding hydrogens is 256 g/mol. The van der Waals surface area contributed by atoms with Crippen LogP contribution in [0.3, 0.4) is 0 Å². The Bertz CT molecular complexity index is 620. The summed E-state index contributed by atoms with van der Waals surface area (Å²) in [7, 11) is 0. The van der Waals surface area contributed by atoms with Gasteiger partial charge in [0.15, 0.2) is 0 Å². The van der Waals surface area contributed by atoms with Crippen molar-refractivity contribution in [3.63, 3.8) is 0 Å². The van der Waals surface area contributed by atoms with Crippen LogP contribution >= 0.6 is 11.6 Å². The second-order valence-corrected chi connectivity index (χ2v) is 6.20. The Hall–Kier alpha value is -1.54. The summed E-state index contributed by atoms with van der Waals surface area (Å²) in [6.45, 7) is 5.46. The average molecular weight is 273 g/mol. The molecule has 0 spiro atoms. The SMILES string of the molecule is CC1(C)CNc2cc(Cc3cccc(Cl)c3)ncc21. The second-order valence-electron chi connectivity index (χ2n) is 5.77. The lowest BCUT2D eigenvalue weighted by molar-refractivity contribution is 0.584. The van der Waals surface area contributed by atoms with Crippen molar-refractivity contribution in [2.75, 3.05) is 11.9 Å². The fraction of sp³-hybridized carbons (Fsp3) is 0.312. The number of fused-ring (bicyclic) bond motifs is 1. The van der Waals surface area contributed by atoms with Crippen molar-refractivity contribution < 1.29 is 0 Å². The fourth-order valence-corrected chi connectivity index (χ4v) is 2.76. The molecule has 0 saturated carbocycles. The number of hydrogen-bond donors (Lipinski definition) is 1. The van der Waals surface area contributed by atoms with Crippen molar-refractivity contribution >= 4 is 17.3 Å². The Kier molecular flexibility index (Phi) is 2.98. The standard InChI is InChI=1S/C16H17ClN2/c1-16(2)10-19-15-8-13(18-9-14(15)16)7-11-4-3-5-12(17)6-11/h3-6,8-9,19H,7,10H2,1-2H3. The van der Waals surface area contributed by atoms with Crippen LogP contribution in [0.4, 0.5) is 5.69 Å². The van der Waals surface area contributed by atoms with Gasteiger partial charge in [-0.05, 0) is 23.8 Å². The van der Waals surface area contributed by atoms with Gasteiger partial charge in [0, 0.05) is 46.5 Å². The number of hydrogen-bond acceptors (Lipinski definition) is 2. The summed E-state index contributed by atoms with van der Waals surface area (Å²) >= 11 is 6.01. The molecule has 0 saturated heterocycles. The summed E-state index contributed by atoms with van der Waals surface area (Å²) in [5.41, 5.74) is 4.97. The first kappa shape index (κ1) is 12.5. The van der Waals surface area contributed by atoms with Gasteiger partial charge in [0.2, 0.25) is 0 Å². The van der Waals surface area contributed by atoms with E-state index in [2.05, 4.69) is 36.3 Å². The molecule has 1 N–H and O–H groups in total. The predicted octanol–water partition coefficient (Wildman–Crippen LogP) is 4.03. The summed E-state index contributed by atoms with van der Waals surface area (Å²) in [5, 5.41) is 4.24. The zero-order valence-corrected chi connectivity index (χ0v) is 12.0. The molecular formula is C16H17ClN2. The minimum Gasteiger partial charge on any atom is -0.384 e. The Morgan fingerprint density at radius 1 is 1.32 bits per heavy atom. The van der Waals surface area contributed by atoms with Crippen LogP contribution in [0.2, 0.25) is 5.02 Å². The number of rotatable bonds is 2. The van der Waals surface area contributed by atoms with Crippen LogP contribution in [0.1, 0.15) is 30.7 Å². The van der Waals surface area contributed by atoms with Crippen LogP contribution in [-0.4, -0.2) is 11.5 Å². The molecule has 1 aliphatic heterocycles. The summed E-state index contributed by atoms with van der Waals surface area (Å²) in [5.74, 6) is 0. The van der Waals surface area contributed by atoms with Crippen LogP contribution in [-0.2, 0) is 11.8 Å². The number of aromatic nitrogens is 1. The molecule has 0 unspecified atom stereocenters. The lowest BCUT2D eigenvalue weighted by atomic mass is 9.88. The lowest BCUT2D eigenvalue weighted by Gasteiger charge is -2.16. The van der Waals surface area contributed by atoms with Crippen LogP contribution in [0.25, 0.3) is 0 Å². The van der Waals surface area contributed by atoms with E-state index in [4.69, 9.17) is 11.6 Å². The van der Waals surface area contributed by atoms with E-state index in [-0.39, 0.29) is 5.41 Å². The molecule has 1 aromatic carbocycles. The van der Waals surface area contributed by atoms with Crippen molar-refractivity contribution in [3.05, 3.63) is 58.4 Å². The van der Waals surface area contributed by atoms with E-state index >= 15 is 0 Å². The second kappa shape index (κ2) is 4.53. The normalized spacial score (nSPS) is 15.9. The van der Waals surface area contributed by atoms with E-state index in [1.807, 2.05) is 24.4 Å². The highest BCUT2D eigenvalue weighted by Crippen LogP contribution is 2.35. The van der Waals surface area contributed by atoms with E-state index in [0.717, 1.165) is 23.7 Å². The predicted molar refractivity (Wildman–Crippen MR) is 80.0 cm³/mol. The van der Waals surface area contributed by atoms with Crippen molar-refractivity contribution in [1.82, 2.24) is 4.98 Å². The van der Waals surface area contributed by atoms with E-state index in [1.54, 1.807) is 0 Å². The molecule has 0 bridgehead atoms.